The summed E-state index contributed by atoms with van der Waals surface area (Å²) >= 11 is 0. The van der Waals surface area contributed by atoms with E-state index in [1.165, 1.54) is 12.8 Å². The summed E-state index contributed by atoms with van der Waals surface area (Å²) in [4.78, 5) is 12.4. The number of furan rings is 1. The van der Waals surface area contributed by atoms with Crippen molar-refractivity contribution >= 4 is 5.78 Å². The number of unbranched alkanes of at least 4 members (excludes halogenated alkanes) is 1. The Hall–Kier alpha value is -1.05. The molecule has 0 aliphatic carbocycles. The Labute approximate surface area is 111 Å². The van der Waals surface area contributed by atoms with Gasteiger partial charge < -0.3 is 4.42 Å². The van der Waals surface area contributed by atoms with Crippen molar-refractivity contribution in [2.45, 2.75) is 66.7 Å². The number of carbonyl (C=O) groups is 1. The molecule has 0 spiro atoms. The van der Waals surface area contributed by atoms with Gasteiger partial charge in [0.05, 0.1) is 5.56 Å². The van der Waals surface area contributed by atoms with Gasteiger partial charge in [0.1, 0.15) is 11.5 Å². The lowest BCUT2D eigenvalue weighted by atomic mass is 9.90. The van der Waals surface area contributed by atoms with E-state index in [4.69, 9.17) is 4.42 Å². The quantitative estimate of drug-likeness (QED) is 0.638. The van der Waals surface area contributed by atoms with E-state index in [9.17, 15) is 4.79 Å². The van der Waals surface area contributed by atoms with Gasteiger partial charge in [0.2, 0.25) is 0 Å². The number of aryl methyl sites for hydroxylation is 2. The van der Waals surface area contributed by atoms with Gasteiger partial charge in [0.25, 0.3) is 0 Å². The van der Waals surface area contributed by atoms with E-state index in [0.717, 1.165) is 35.5 Å². The maximum Gasteiger partial charge on any atom is 0.166 e. The Morgan fingerprint density at radius 3 is 2.28 bits per heavy atom. The Balaban J connectivity index is 2.74. The molecule has 2 nitrogen and oxygen atoms in total. The van der Waals surface area contributed by atoms with E-state index in [1.54, 1.807) is 0 Å². The zero-order valence-corrected chi connectivity index (χ0v) is 12.4. The predicted octanol–water partition coefficient (Wildman–Crippen LogP) is 4.99. The number of rotatable bonds is 7. The van der Waals surface area contributed by atoms with Crippen molar-refractivity contribution < 1.29 is 9.21 Å². The molecule has 0 aliphatic rings. The van der Waals surface area contributed by atoms with Crippen LogP contribution in [0.15, 0.2) is 4.42 Å². The van der Waals surface area contributed by atoms with Crippen LogP contribution in [-0.4, -0.2) is 5.78 Å². The van der Waals surface area contributed by atoms with E-state index < -0.39 is 0 Å². The highest BCUT2D eigenvalue weighted by molar-refractivity contribution is 5.98. The van der Waals surface area contributed by atoms with Gasteiger partial charge in [-0.1, -0.05) is 39.5 Å². The first-order valence-electron chi connectivity index (χ1n) is 7.10. The highest BCUT2D eigenvalue weighted by atomic mass is 16.3. The van der Waals surface area contributed by atoms with Crippen LogP contribution in [0, 0.1) is 26.7 Å². The topological polar surface area (TPSA) is 30.2 Å². The van der Waals surface area contributed by atoms with Gasteiger partial charge in [0.15, 0.2) is 5.78 Å². The Morgan fingerprint density at radius 1 is 1.17 bits per heavy atom. The average molecular weight is 250 g/mol. The van der Waals surface area contributed by atoms with E-state index in [0.29, 0.717) is 12.3 Å². The van der Waals surface area contributed by atoms with Gasteiger partial charge in [0, 0.05) is 12.0 Å². The zero-order valence-electron chi connectivity index (χ0n) is 12.4. The second-order valence-corrected chi connectivity index (χ2v) is 5.26. The lowest BCUT2D eigenvalue weighted by Gasteiger charge is -2.13. The molecule has 1 rings (SSSR count). The SMILES string of the molecule is CCCCC(CC)CC(=O)c1c(C)oc(C)c1C. The fourth-order valence-electron chi connectivity index (χ4n) is 2.51. The highest BCUT2D eigenvalue weighted by Gasteiger charge is 2.21. The molecule has 1 aromatic rings. The van der Waals surface area contributed by atoms with Crippen LogP contribution in [0.1, 0.15) is 73.4 Å². The Morgan fingerprint density at radius 2 is 1.83 bits per heavy atom. The minimum atomic E-state index is 0.254. The molecule has 0 bridgehead atoms. The zero-order chi connectivity index (χ0) is 13.7. The second-order valence-electron chi connectivity index (χ2n) is 5.26. The molecule has 0 saturated carbocycles. The summed E-state index contributed by atoms with van der Waals surface area (Å²) in [7, 11) is 0. The number of hydrogen-bond acceptors (Lipinski definition) is 2. The molecule has 0 aromatic carbocycles. The first-order chi connectivity index (χ1) is 8.51. The Bertz CT molecular complexity index is 401. The minimum Gasteiger partial charge on any atom is -0.466 e. The predicted molar refractivity (Wildman–Crippen MR) is 75.2 cm³/mol. The molecule has 0 amide bonds. The molecule has 0 radical (unpaired) electrons. The van der Waals surface area contributed by atoms with Gasteiger partial charge in [-0.15, -0.1) is 0 Å². The van der Waals surface area contributed by atoms with Crippen LogP contribution in [-0.2, 0) is 0 Å². The number of Topliss-reactive ketones (excluding diaryl/α,β-unsaturated/α-hetero) is 1. The van der Waals surface area contributed by atoms with Crippen molar-refractivity contribution in [2.75, 3.05) is 0 Å². The third-order valence-corrected chi connectivity index (χ3v) is 3.86. The number of hydrogen-bond donors (Lipinski definition) is 0. The van der Waals surface area contributed by atoms with E-state index in [2.05, 4.69) is 13.8 Å². The third kappa shape index (κ3) is 3.47. The molecule has 1 heterocycles. The van der Waals surface area contributed by atoms with E-state index >= 15 is 0 Å². The molecule has 0 aliphatic heterocycles. The molecule has 2 heteroatoms. The van der Waals surface area contributed by atoms with Gasteiger partial charge >= 0.3 is 0 Å². The summed E-state index contributed by atoms with van der Waals surface area (Å²) in [6.07, 6.45) is 5.33. The van der Waals surface area contributed by atoms with Crippen molar-refractivity contribution in [3.8, 4) is 0 Å². The maximum absolute atomic E-state index is 12.4. The molecular weight excluding hydrogens is 224 g/mol. The van der Waals surface area contributed by atoms with Crippen LogP contribution < -0.4 is 0 Å². The standard InChI is InChI=1S/C16H26O2/c1-6-8-9-14(7-2)10-15(17)16-11(3)12(4)18-13(16)5/h14H,6-10H2,1-5H3. The first kappa shape index (κ1) is 15.0. The van der Waals surface area contributed by atoms with E-state index in [-0.39, 0.29) is 5.78 Å². The second kappa shape index (κ2) is 6.77. The highest BCUT2D eigenvalue weighted by Crippen LogP contribution is 2.25. The summed E-state index contributed by atoms with van der Waals surface area (Å²) in [5, 5.41) is 0. The molecule has 1 aromatic heterocycles. The molecule has 102 valence electrons. The Kier molecular flexibility index (Phi) is 5.64. The van der Waals surface area contributed by atoms with Crippen LogP contribution in [0.3, 0.4) is 0 Å². The first-order valence-corrected chi connectivity index (χ1v) is 7.10. The fraction of sp³-hybridized carbons (Fsp3) is 0.688. The summed E-state index contributed by atoms with van der Waals surface area (Å²) in [6.45, 7) is 10.2. The summed E-state index contributed by atoms with van der Waals surface area (Å²) in [5.41, 5.74) is 1.84. The molecule has 0 saturated heterocycles. The largest absolute Gasteiger partial charge is 0.466 e. The number of ketones is 1. The summed E-state index contributed by atoms with van der Waals surface area (Å²) in [5.74, 6) is 2.43. The normalized spacial score (nSPS) is 12.7. The maximum atomic E-state index is 12.4. The molecule has 1 unspecified atom stereocenters. The summed E-state index contributed by atoms with van der Waals surface area (Å²) in [6, 6.07) is 0. The van der Waals surface area contributed by atoms with Crippen LogP contribution >= 0.6 is 0 Å². The van der Waals surface area contributed by atoms with Gasteiger partial charge in [-0.05, 0) is 26.7 Å². The van der Waals surface area contributed by atoms with Gasteiger partial charge in [-0.2, -0.15) is 0 Å². The lowest BCUT2D eigenvalue weighted by Crippen LogP contribution is -2.09. The van der Waals surface area contributed by atoms with Gasteiger partial charge in [-0.25, -0.2) is 0 Å². The van der Waals surface area contributed by atoms with Crippen LogP contribution in [0.4, 0.5) is 0 Å². The smallest absolute Gasteiger partial charge is 0.166 e. The molecular formula is C16H26O2. The minimum absolute atomic E-state index is 0.254. The molecule has 0 N–H and O–H groups in total. The molecule has 0 fully saturated rings. The van der Waals surface area contributed by atoms with Crippen molar-refractivity contribution in [1.29, 1.82) is 0 Å². The molecule has 1 atom stereocenters. The van der Waals surface area contributed by atoms with Crippen LogP contribution in [0.25, 0.3) is 0 Å². The molecule has 18 heavy (non-hydrogen) atoms. The van der Waals surface area contributed by atoms with E-state index in [1.807, 2.05) is 20.8 Å². The fourth-order valence-corrected chi connectivity index (χ4v) is 2.51. The van der Waals surface area contributed by atoms with Crippen molar-refractivity contribution in [3.63, 3.8) is 0 Å². The third-order valence-electron chi connectivity index (χ3n) is 3.86. The number of carbonyl (C=O) groups excluding carboxylic acids is 1. The van der Waals surface area contributed by atoms with Crippen molar-refractivity contribution in [2.24, 2.45) is 5.92 Å². The average Bonchev–Trinajstić information content (AvgIpc) is 2.58. The van der Waals surface area contributed by atoms with Crippen LogP contribution in [0.2, 0.25) is 0 Å². The monoisotopic (exact) mass is 250 g/mol. The van der Waals surface area contributed by atoms with Gasteiger partial charge in [-0.3, -0.25) is 4.79 Å². The van der Waals surface area contributed by atoms with Crippen molar-refractivity contribution in [3.05, 3.63) is 22.6 Å². The summed E-state index contributed by atoms with van der Waals surface area (Å²) < 4.78 is 5.54. The van der Waals surface area contributed by atoms with Crippen LogP contribution in [0.5, 0.6) is 0 Å². The van der Waals surface area contributed by atoms with Crippen molar-refractivity contribution in [1.82, 2.24) is 0 Å². The lowest BCUT2D eigenvalue weighted by molar-refractivity contribution is 0.0955.